The van der Waals surface area contributed by atoms with Crippen molar-refractivity contribution in [1.29, 1.82) is 0 Å². The van der Waals surface area contributed by atoms with Crippen LogP contribution in [0.1, 0.15) is 22.3 Å². The lowest BCUT2D eigenvalue weighted by molar-refractivity contribution is 0.599. The average Bonchev–Trinajstić information content (AvgIpc) is 3.32. The molecule has 39 heavy (non-hydrogen) atoms. The fraction of sp³-hybridized carbons (Fsp3) is 0.0270. The van der Waals surface area contributed by atoms with Crippen molar-refractivity contribution in [3.63, 3.8) is 0 Å². The average molecular weight is 519 g/mol. The third kappa shape index (κ3) is 3.90. The zero-order valence-electron chi connectivity index (χ0n) is 21.4. The Balaban J connectivity index is 1.50. The maximum Gasteiger partial charge on any atom is 0.150 e. The van der Waals surface area contributed by atoms with Gasteiger partial charge in [-0.15, -0.1) is 0 Å². The van der Waals surface area contributed by atoms with Gasteiger partial charge in [-0.2, -0.15) is 0 Å². The molecule has 6 aromatic carbocycles. The molecule has 1 aliphatic rings. The zero-order valence-corrected chi connectivity index (χ0v) is 22.3. The first-order chi connectivity index (χ1) is 19.4. The lowest BCUT2D eigenvalue weighted by atomic mass is 9.67. The van der Waals surface area contributed by atoms with Crippen LogP contribution in [0.2, 0.25) is 0 Å². The molecule has 0 unspecified atom stereocenters. The van der Waals surface area contributed by atoms with Gasteiger partial charge in [0.25, 0.3) is 0 Å². The minimum absolute atomic E-state index is 0.501. The lowest BCUT2D eigenvalue weighted by Crippen LogP contribution is -2.29. The van der Waals surface area contributed by atoms with E-state index in [1.807, 2.05) is 0 Å². The highest BCUT2D eigenvalue weighted by Crippen LogP contribution is 2.58. The molecule has 0 atom stereocenters. The van der Waals surface area contributed by atoms with Gasteiger partial charge in [0, 0.05) is 16.2 Å². The summed E-state index contributed by atoms with van der Waals surface area (Å²) in [6.45, 7) is 0. The van der Waals surface area contributed by atoms with Crippen LogP contribution in [0.5, 0.6) is 5.75 Å². The first kappa shape index (κ1) is 23.7. The standard InChI is InChI=1S/C37H27OP/c1-4-16-28(17-5-1)37(33-24-12-10-22-31(33)32-23-11-13-25-34(32)37)35-26-14-15-27-36(35)38-39(29-18-6-2-7-19-29)30-20-8-3-9-21-30/h1-27H. The Morgan fingerprint density at radius 1 is 0.385 bits per heavy atom. The minimum atomic E-state index is -1.08. The Morgan fingerprint density at radius 2 is 0.795 bits per heavy atom. The molecule has 186 valence electrons. The Kier molecular flexibility index (Phi) is 6.08. The molecule has 0 radical (unpaired) electrons. The van der Waals surface area contributed by atoms with Crippen LogP contribution in [-0.4, -0.2) is 0 Å². The second kappa shape index (κ2) is 10.0. The number of hydrogen-bond donors (Lipinski definition) is 0. The van der Waals surface area contributed by atoms with Gasteiger partial charge in [-0.1, -0.05) is 158 Å². The van der Waals surface area contributed by atoms with Gasteiger partial charge in [-0.3, -0.25) is 0 Å². The monoisotopic (exact) mass is 518 g/mol. The fourth-order valence-corrected chi connectivity index (χ4v) is 7.77. The van der Waals surface area contributed by atoms with Gasteiger partial charge in [0.15, 0.2) is 8.15 Å². The number of benzene rings is 6. The second-order valence-corrected chi connectivity index (χ2v) is 11.6. The Labute approximate surface area is 231 Å². The van der Waals surface area contributed by atoms with Crippen molar-refractivity contribution in [2.75, 3.05) is 0 Å². The van der Waals surface area contributed by atoms with Crippen LogP contribution >= 0.6 is 8.15 Å². The van der Waals surface area contributed by atoms with Crippen LogP contribution in [0.15, 0.2) is 164 Å². The molecule has 6 aromatic rings. The maximum absolute atomic E-state index is 7.17. The van der Waals surface area contributed by atoms with Crippen LogP contribution in [0.25, 0.3) is 11.1 Å². The van der Waals surface area contributed by atoms with Gasteiger partial charge in [-0.25, -0.2) is 0 Å². The Hall–Kier alpha value is -4.45. The zero-order chi connectivity index (χ0) is 26.1. The van der Waals surface area contributed by atoms with Crippen molar-refractivity contribution in [3.8, 4) is 16.9 Å². The number of para-hydroxylation sites is 1. The second-order valence-electron chi connectivity index (χ2n) is 9.76. The predicted molar refractivity (Wildman–Crippen MR) is 163 cm³/mol. The molecule has 2 heteroatoms. The van der Waals surface area contributed by atoms with E-state index in [1.54, 1.807) is 0 Å². The summed E-state index contributed by atoms with van der Waals surface area (Å²) < 4.78 is 7.17. The summed E-state index contributed by atoms with van der Waals surface area (Å²) in [5.74, 6) is 0.909. The van der Waals surface area contributed by atoms with Gasteiger partial charge >= 0.3 is 0 Å². The molecule has 0 aromatic heterocycles. The van der Waals surface area contributed by atoms with E-state index in [4.69, 9.17) is 4.52 Å². The maximum atomic E-state index is 7.17. The van der Waals surface area contributed by atoms with Gasteiger partial charge < -0.3 is 4.52 Å². The van der Waals surface area contributed by atoms with Crippen LogP contribution < -0.4 is 15.1 Å². The summed E-state index contributed by atoms with van der Waals surface area (Å²) in [5, 5.41) is 2.38. The van der Waals surface area contributed by atoms with Gasteiger partial charge in [0.1, 0.15) is 5.75 Å². The van der Waals surface area contributed by atoms with Crippen molar-refractivity contribution >= 4 is 18.8 Å². The molecular weight excluding hydrogens is 491 g/mol. The number of fused-ring (bicyclic) bond motifs is 3. The SMILES string of the molecule is c1ccc(P(Oc2ccccc2C2(c3ccccc3)c3ccccc3-c3ccccc32)c2ccccc2)cc1. The summed E-state index contributed by atoms with van der Waals surface area (Å²) in [6.07, 6.45) is 0. The highest BCUT2D eigenvalue weighted by Gasteiger charge is 2.47. The van der Waals surface area contributed by atoms with Crippen LogP contribution in [0.4, 0.5) is 0 Å². The minimum Gasteiger partial charge on any atom is -0.464 e. The van der Waals surface area contributed by atoms with Crippen molar-refractivity contribution < 1.29 is 4.52 Å². The molecule has 1 aliphatic carbocycles. The third-order valence-electron chi connectivity index (χ3n) is 7.62. The summed E-state index contributed by atoms with van der Waals surface area (Å²) in [7, 11) is -1.08. The molecule has 0 saturated heterocycles. The molecular formula is C37H27OP. The van der Waals surface area contributed by atoms with Crippen LogP contribution in [0, 0.1) is 0 Å². The topological polar surface area (TPSA) is 9.23 Å². The van der Waals surface area contributed by atoms with E-state index in [2.05, 4.69) is 164 Å². The molecule has 0 amide bonds. The molecule has 0 N–H and O–H groups in total. The van der Waals surface area contributed by atoms with E-state index in [9.17, 15) is 0 Å². The molecule has 7 rings (SSSR count). The molecule has 0 heterocycles. The Morgan fingerprint density at radius 3 is 1.33 bits per heavy atom. The van der Waals surface area contributed by atoms with Crippen molar-refractivity contribution in [2.45, 2.75) is 5.41 Å². The van der Waals surface area contributed by atoms with Crippen molar-refractivity contribution in [1.82, 2.24) is 0 Å². The van der Waals surface area contributed by atoms with Gasteiger partial charge in [0.05, 0.1) is 5.41 Å². The smallest absolute Gasteiger partial charge is 0.150 e. The third-order valence-corrected chi connectivity index (χ3v) is 9.53. The molecule has 0 fully saturated rings. The summed E-state index contributed by atoms with van der Waals surface area (Å²) >= 11 is 0. The van der Waals surface area contributed by atoms with E-state index in [0.29, 0.717) is 0 Å². The van der Waals surface area contributed by atoms with Crippen molar-refractivity contribution in [2.24, 2.45) is 0 Å². The largest absolute Gasteiger partial charge is 0.464 e. The molecule has 1 nitrogen and oxygen atoms in total. The molecule has 0 spiro atoms. The molecule has 0 bridgehead atoms. The predicted octanol–water partition coefficient (Wildman–Crippen LogP) is 8.48. The van der Waals surface area contributed by atoms with E-state index in [1.165, 1.54) is 38.4 Å². The summed E-state index contributed by atoms with van der Waals surface area (Å²) in [6, 6.07) is 58.4. The molecule has 0 saturated carbocycles. The van der Waals surface area contributed by atoms with Gasteiger partial charge in [0.2, 0.25) is 0 Å². The first-order valence-corrected chi connectivity index (χ1v) is 14.6. The molecule has 0 aliphatic heterocycles. The van der Waals surface area contributed by atoms with E-state index in [-0.39, 0.29) is 0 Å². The fourth-order valence-electron chi connectivity index (χ4n) is 6.02. The quantitative estimate of drug-likeness (QED) is 0.201. The van der Waals surface area contributed by atoms with E-state index < -0.39 is 13.6 Å². The highest BCUT2D eigenvalue weighted by molar-refractivity contribution is 7.68. The first-order valence-electron chi connectivity index (χ1n) is 13.3. The van der Waals surface area contributed by atoms with E-state index in [0.717, 1.165) is 11.3 Å². The number of rotatable bonds is 6. The van der Waals surface area contributed by atoms with Crippen molar-refractivity contribution in [3.05, 3.63) is 186 Å². The highest BCUT2D eigenvalue weighted by atomic mass is 31.1. The van der Waals surface area contributed by atoms with Crippen LogP contribution in [0.3, 0.4) is 0 Å². The number of hydrogen-bond acceptors (Lipinski definition) is 1. The van der Waals surface area contributed by atoms with Crippen LogP contribution in [-0.2, 0) is 5.41 Å². The summed E-state index contributed by atoms with van der Waals surface area (Å²) in [5.41, 5.74) is 7.03. The normalized spacial score (nSPS) is 13.1. The summed E-state index contributed by atoms with van der Waals surface area (Å²) in [4.78, 5) is 0. The van der Waals surface area contributed by atoms with Gasteiger partial charge in [-0.05, 0) is 33.9 Å². The Bertz CT molecular complexity index is 1640. The lowest BCUT2D eigenvalue weighted by Gasteiger charge is -2.35. The van der Waals surface area contributed by atoms with E-state index >= 15 is 0 Å².